The van der Waals surface area contributed by atoms with Crippen LogP contribution in [0.2, 0.25) is 0 Å². The van der Waals surface area contributed by atoms with Crippen LogP contribution in [0.15, 0.2) is 53.3 Å². The maximum Gasteiger partial charge on any atom is 0.258 e. The van der Waals surface area contributed by atoms with E-state index in [-0.39, 0.29) is 5.56 Å². The number of benzene rings is 2. The Bertz CT molecular complexity index is 806. The van der Waals surface area contributed by atoms with Crippen molar-refractivity contribution in [3.63, 3.8) is 0 Å². The molecule has 0 saturated carbocycles. The first-order chi connectivity index (χ1) is 10.2. The maximum atomic E-state index is 11.9. The predicted molar refractivity (Wildman–Crippen MR) is 84.1 cm³/mol. The molecule has 2 aromatic carbocycles. The van der Waals surface area contributed by atoms with Gasteiger partial charge in [0.15, 0.2) is 0 Å². The quantitative estimate of drug-likeness (QED) is 0.771. The zero-order chi connectivity index (χ0) is 14.7. The van der Waals surface area contributed by atoms with Crippen LogP contribution in [-0.4, -0.2) is 9.97 Å². The van der Waals surface area contributed by atoms with Crippen LogP contribution in [0, 0.1) is 6.92 Å². The SMILES string of the molecule is Cc1ccc(CNCc2nc3ccccc3c(=O)[nH]2)cc1. The Labute approximate surface area is 122 Å². The summed E-state index contributed by atoms with van der Waals surface area (Å²) in [7, 11) is 0. The van der Waals surface area contributed by atoms with E-state index >= 15 is 0 Å². The number of rotatable bonds is 4. The minimum atomic E-state index is -0.0901. The number of aromatic nitrogens is 2. The molecule has 0 atom stereocenters. The lowest BCUT2D eigenvalue weighted by atomic mass is 10.1. The Morgan fingerprint density at radius 2 is 1.81 bits per heavy atom. The molecule has 21 heavy (non-hydrogen) atoms. The lowest BCUT2D eigenvalue weighted by Gasteiger charge is -2.06. The summed E-state index contributed by atoms with van der Waals surface area (Å²) < 4.78 is 0. The van der Waals surface area contributed by atoms with Crippen LogP contribution in [0.25, 0.3) is 10.9 Å². The van der Waals surface area contributed by atoms with Gasteiger partial charge in [-0.2, -0.15) is 0 Å². The first kappa shape index (κ1) is 13.5. The Morgan fingerprint density at radius 3 is 2.62 bits per heavy atom. The smallest absolute Gasteiger partial charge is 0.258 e. The number of para-hydroxylation sites is 1. The Hall–Kier alpha value is -2.46. The van der Waals surface area contributed by atoms with Crippen molar-refractivity contribution >= 4 is 10.9 Å². The molecule has 0 spiro atoms. The zero-order valence-corrected chi connectivity index (χ0v) is 11.9. The van der Waals surface area contributed by atoms with Gasteiger partial charge >= 0.3 is 0 Å². The van der Waals surface area contributed by atoms with Crippen molar-refractivity contribution in [2.45, 2.75) is 20.0 Å². The van der Waals surface area contributed by atoms with Crippen molar-refractivity contribution in [2.24, 2.45) is 0 Å². The average molecular weight is 279 g/mol. The Morgan fingerprint density at radius 1 is 1.05 bits per heavy atom. The second-order valence-corrected chi connectivity index (χ2v) is 5.12. The largest absolute Gasteiger partial charge is 0.309 e. The molecule has 3 aromatic rings. The molecule has 0 bridgehead atoms. The van der Waals surface area contributed by atoms with E-state index in [1.165, 1.54) is 11.1 Å². The summed E-state index contributed by atoms with van der Waals surface area (Å²) in [4.78, 5) is 19.2. The molecule has 1 heterocycles. The first-order valence-corrected chi connectivity index (χ1v) is 6.96. The van der Waals surface area contributed by atoms with Crippen molar-refractivity contribution in [3.8, 4) is 0 Å². The fourth-order valence-electron chi connectivity index (χ4n) is 2.25. The number of aryl methyl sites for hydroxylation is 1. The Kier molecular flexibility index (Phi) is 3.79. The Balaban J connectivity index is 1.70. The molecule has 1 aromatic heterocycles. The topological polar surface area (TPSA) is 57.8 Å². The van der Waals surface area contributed by atoms with Crippen LogP contribution in [0.3, 0.4) is 0 Å². The highest BCUT2D eigenvalue weighted by atomic mass is 16.1. The van der Waals surface area contributed by atoms with E-state index in [1.807, 2.05) is 18.2 Å². The molecule has 0 aliphatic heterocycles. The van der Waals surface area contributed by atoms with Crippen molar-refractivity contribution in [1.29, 1.82) is 0 Å². The highest BCUT2D eigenvalue weighted by Gasteiger charge is 2.02. The molecule has 0 aliphatic rings. The summed E-state index contributed by atoms with van der Waals surface area (Å²) in [5, 5.41) is 3.92. The van der Waals surface area contributed by atoms with Crippen molar-refractivity contribution in [1.82, 2.24) is 15.3 Å². The van der Waals surface area contributed by atoms with Crippen LogP contribution in [0.4, 0.5) is 0 Å². The van der Waals surface area contributed by atoms with E-state index in [4.69, 9.17) is 0 Å². The van der Waals surface area contributed by atoms with E-state index in [0.29, 0.717) is 17.8 Å². The molecule has 4 nitrogen and oxygen atoms in total. The number of nitrogens with one attached hydrogen (secondary N) is 2. The molecule has 0 aliphatic carbocycles. The van der Waals surface area contributed by atoms with Crippen LogP contribution in [0.5, 0.6) is 0 Å². The van der Waals surface area contributed by atoms with E-state index in [1.54, 1.807) is 6.07 Å². The summed E-state index contributed by atoms with van der Waals surface area (Å²) >= 11 is 0. The summed E-state index contributed by atoms with van der Waals surface area (Å²) in [5.41, 5.74) is 3.10. The van der Waals surface area contributed by atoms with E-state index < -0.39 is 0 Å². The van der Waals surface area contributed by atoms with Gasteiger partial charge in [-0.1, -0.05) is 42.0 Å². The van der Waals surface area contributed by atoms with E-state index in [2.05, 4.69) is 46.5 Å². The van der Waals surface area contributed by atoms with Gasteiger partial charge in [-0.05, 0) is 24.6 Å². The van der Waals surface area contributed by atoms with Crippen LogP contribution in [0.1, 0.15) is 17.0 Å². The number of hydrogen-bond donors (Lipinski definition) is 2. The number of nitrogens with zero attached hydrogens (tertiary/aromatic N) is 1. The van der Waals surface area contributed by atoms with Gasteiger partial charge in [0, 0.05) is 6.54 Å². The molecule has 3 rings (SSSR count). The molecule has 0 saturated heterocycles. The highest BCUT2D eigenvalue weighted by molar-refractivity contribution is 5.77. The van der Waals surface area contributed by atoms with Crippen LogP contribution >= 0.6 is 0 Å². The number of fused-ring (bicyclic) bond motifs is 1. The molecule has 0 radical (unpaired) electrons. The van der Waals surface area contributed by atoms with Gasteiger partial charge in [-0.25, -0.2) is 4.98 Å². The van der Waals surface area contributed by atoms with Crippen molar-refractivity contribution < 1.29 is 0 Å². The zero-order valence-electron chi connectivity index (χ0n) is 11.9. The average Bonchev–Trinajstić information content (AvgIpc) is 2.49. The molecule has 0 fully saturated rings. The standard InChI is InChI=1S/C17H17N3O/c1-12-6-8-13(9-7-12)10-18-11-16-19-15-5-3-2-4-14(15)17(21)20-16/h2-9,18H,10-11H2,1H3,(H,19,20,21). The molecule has 0 unspecified atom stereocenters. The van der Waals surface area contributed by atoms with Crippen molar-refractivity contribution in [2.75, 3.05) is 0 Å². The molecule has 4 heteroatoms. The fraction of sp³-hybridized carbons (Fsp3) is 0.176. The molecular weight excluding hydrogens is 262 g/mol. The number of H-pyrrole nitrogens is 1. The predicted octanol–water partition coefficient (Wildman–Crippen LogP) is 2.52. The van der Waals surface area contributed by atoms with Gasteiger partial charge in [0.2, 0.25) is 0 Å². The third-order valence-corrected chi connectivity index (χ3v) is 3.40. The lowest BCUT2D eigenvalue weighted by molar-refractivity contribution is 0.663. The second kappa shape index (κ2) is 5.89. The van der Waals surface area contributed by atoms with Gasteiger partial charge in [-0.3, -0.25) is 4.79 Å². The third kappa shape index (κ3) is 3.17. The van der Waals surface area contributed by atoms with E-state index in [0.717, 1.165) is 12.1 Å². The maximum absolute atomic E-state index is 11.9. The minimum Gasteiger partial charge on any atom is -0.309 e. The normalized spacial score (nSPS) is 10.9. The van der Waals surface area contributed by atoms with Crippen LogP contribution < -0.4 is 10.9 Å². The number of hydrogen-bond acceptors (Lipinski definition) is 3. The highest BCUT2D eigenvalue weighted by Crippen LogP contribution is 2.06. The first-order valence-electron chi connectivity index (χ1n) is 6.96. The lowest BCUT2D eigenvalue weighted by Crippen LogP contribution is -2.19. The van der Waals surface area contributed by atoms with Gasteiger partial charge in [-0.15, -0.1) is 0 Å². The molecule has 2 N–H and O–H groups in total. The summed E-state index contributed by atoms with van der Waals surface area (Å²) in [6, 6.07) is 15.7. The van der Waals surface area contributed by atoms with Gasteiger partial charge < -0.3 is 10.3 Å². The summed E-state index contributed by atoms with van der Waals surface area (Å²) in [6.45, 7) is 3.35. The fourth-order valence-corrected chi connectivity index (χ4v) is 2.25. The number of aromatic amines is 1. The van der Waals surface area contributed by atoms with Crippen LogP contribution in [-0.2, 0) is 13.1 Å². The third-order valence-electron chi connectivity index (χ3n) is 3.40. The summed E-state index contributed by atoms with van der Waals surface area (Å²) in [5.74, 6) is 0.658. The second-order valence-electron chi connectivity index (χ2n) is 5.12. The summed E-state index contributed by atoms with van der Waals surface area (Å²) in [6.07, 6.45) is 0. The van der Waals surface area contributed by atoms with Gasteiger partial charge in [0.05, 0.1) is 17.4 Å². The monoisotopic (exact) mass is 279 g/mol. The molecular formula is C17H17N3O. The molecule has 106 valence electrons. The van der Waals surface area contributed by atoms with Gasteiger partial charge in [0.1, 0.15) is 5.82 Å². The van der Waals surface area contributed by atoms with Crippen molar-refractivity contribution in [3.05, 3.63) is 75.8 Å². The van der Waals surface area contributed by atoms with E-state index in [9.17, 15) is 4.79 Å². The molecule has 0 amide bonds. The van der Waals surface area contributed by atoms with Gasteiger partial charge in [0.25, 0.3) is 5.56 Å². The minimum absolute atomic E-state index is 0.0901.